The van der Waals surface area contributed by atoms with E-state index in [0.29, 0.717) is 22.5 Å². The SMILES string of the molecule is O=C(CNc1cccc(C(=O)NC2CCCCC2)c1)Nc1cccc(C(=O)N2CCCC2)c1. The lowest BCUT2D eigenvalue weighted by molar-refractivity contribution is -0.114. The molecule has 2 aliphatic rings. The van der Waals surface area contributed by atoms with Crippen molar-refractivity contribution < 1.29 is 14.4 Å². The highest BCUT2D eigenvalue weighted by Gasteiger charge is 2.20. The summed E-state index contributed by atoms with van der Waals surface area (Å²) < 4.78 is 0. The maximum absolute atomic E-state index is 12.6. The van der Waals surface area contributed by atoms with Crippen LogP contribution in [0.3, 0.4) is 0 Å². The second-order valence-corrected chi connectivity index (χ2v) is 8.87. The van der Waals surface area contributed by atoms with Gasteiger partial charge in [0, 0.05) is 41.6 Å². The van der Waals surface area contributed by atoms with Crippen molar-refractivity contribution in [2.45, 2.75) is 51.0 Å². The predicted octanol–water partition coefficient (Wildman–Crippen LogP) is 4.04. The van der Waals surface area contributed by atoms with Gasteiger partial charge in [0.15, 0.2) is 0 Å². The number of hydrogen-bond acceptors (Lipinski definition) is 4. The molecule has 1 saturated heterocycles. The van der Waals surface area contributed by atoms with E-state index >= 15 is 0 Å². The van der Waals surface area contributed by atoms with E-state index in [1.54, 1.807) is 36.4 Å². The molecule has 4 rings (SSSR count). The summed E-state index contributed by atoms with van der Waals surface area (Å²) in [6.07, 6.45) is 7.72. The number of benzene rings is 2. The first-order valence-electron chi connectivity index (χ1n) is 11.9. The molecule has 0 spiro atoms. The van der Waals surface area contributed by atoms with Crippen LogP contribution in [-0.4, -0.2) is 48.3 Å². The Morgan fingerprint density at radius 2 is 1.48 bits per heavy atom. The summed E-state index contributed by atoms with van der Waals surface area (Å²) in [5, 5.41) is 9.03. The van der Waals surface area contributed by atoms with Crippen LogP contribution in [0.5, 0.6) is 0 Å². The van der Waals surface area contributed by atoms with Gasteiger partial charge in [0.1, 0.15) is 0 Å². The molecule has 2 aromatic rings. The average Bonchev–Trinajstić information content (AvgIpc) is 3.38. The first-order valence-corrected chi connectivity index (χ1v) is 11.9. The fourth-order valence-corrected chi connectivity index (χ4v) is 4.51. The molecule has 0 radical (unpaired) electrons. The fourth-order valence-electron chi connectivity index (χ4n) is 4.51. The lowest BCUT2D eigenvalue weighted by Crippen LogP contribution is -2.36. The summed E-state index contributed by atoms with van der Waals surface area (Å²) in [7, 11) is 0. The highest BCUT2D eigenvalue weighted by molar-refractivity contribution is 5.98. The van der Waals surface area contributed by atoms with Crippen molar-refractivity contribution in [2.24, 2.45) is 0 Å². The number of carbonyl (C=O) groups excluding carboxylic acids is 3. The van der Waals surface area contributed by atoms with Gasteiger partial charge in [-0.2, -0.15) is 0 Å². The molecule has 7 nitrogen and oxygen atoms in total. The van der Waals surface area contributed by atoms with Crippen LogP contribution in [0.15, 0.2) is 48.5 Å². The molecule has 0 atom stereocenters. The molecular formula is C26H32N4O3. The number of rotatable bonds is 7. The lowest BCUT2D eigenvalue weighted by atomic mass is 9.95. The van der Waals surface area contributed by atoms with E-state index in [2.05, 4.69) is 16.0 Å². The molecule has 174 valence electrons. The van der Waals surface area contributed by atoms with Crippen molar-refractivity contribution in [2.75, 3.05) is 30.3 Å². The number of hydrogen-bond donors (Lipinski definition) is 3. The van der Waals surface area contributed by atoms with E-state index in [-0.39, 0.29) is 30.3 Å². The van der Waals surface area contributed by atoms with Crippen LogP contribution < -0.4 is 16.0 Å². The molecule has 2 aromatic carbocycles. The third kappa shape index (κ3) is 6.34. The minimum Gasteiger partial charge on any atom is -0.376 e. The van der Waals surface area contributed by atoms with Gasteiger partial charge in [0.05, 0.1) is 6.54 Å². The van der Waals surface area contributed by atoms with E-state index in [4.69, 9.17) is 0 Å². The molecule has 0 aromatic heterocycles. The number of likely N-dealkylation sites (tertiary alicyclic amines) is 1. The van der Waals surface area contributed by atoms with Crippen LogP contribution in [0, 0.1) is 0 Å². The van der Waals surface area contributed by atoms with Crippen molar-refractivity contribution >= 4 is 29.1 Å². The van der Waals surface area contributed by atoms with Gasteiger partial charge in [-0.15, -0.1) is 0 Å². The Morgan fingerprint density at radius 1 is 0.818 bits per heavy atom. The Hall–Kier alpha value is -3.35. The Bertz CT molecular complexity index is 995. The quantitative estimate of drug-likeness (QED) is 0.596. The van der Waals surface area contributed by atoms with Gasteiger partial charge in [-0.3, -0.25) is 14.4 Å². The number of carbonyl (C=O) groups is 3. The van der Waals surface area contributed by atoms with Crippen molar-refractivity contribution in [3.05, 3.63) is 59.7 Å². The summed E-state index contributed by atoms with van der Waals surface area (Å²) >= 11 is 0. The van der Waals surface area contributed by atoms with Gasteiger partial charge in [-0.05, 0) is 62.1 Å². The summed E-state index contributed by atoms with van der Waals surface area (Å²) in [6.45, 7) is 1.63. The minimum absolute atomic E-state index is 0.00467. The molecule has 0 bridgehead atoms. The van der Waals surface area contributed by atoms with Gasteiger partial charge >= 0.3 is 0 Å². The number of anilines is 2. The van der Waals surface area contributed by atoms with Crippen molar-refractivity contribution in [1.29, 1.82) is 0 Å². The highest BCUT2D eigenvalue weighted by atomic mass is 16.2. The monoisotopic (exact) mass is 448 g/mol. The normalized spacial score (nSPS) is 16.3. The summed E-state index contributed by atoms with van der Waals surface area (Å²) in [4.78, 5) is 39.5. The lowest BCUT2D eigenvalue weighted by Gasteiger charge is -2.22. The Morgan fingerprint density at radius 3 is 2.24 bits per heavy atom. The smallest absolute Gasteiger partial charge is 0.253 e. The van der Waals surface area contributed by atoms with E-state index in [1.165, 1.54) is 6.42 Å². The standard InChI is InChI=1S/C26H32N4O3/c31-24(28-23-13-7-9-20(17-23)26(33)30-14-4-5-15-30)18-27-22-12-6-8-19(16-22)25(32)29-21-10-2-1-3-11-21/h6-9,12-13,16-17,21,27H,1-5,10-11,14-15,18H2,(H,28,31)(H,29,32). The molecular weight excluding hydrogens is 416 g/mol. The third-order valence-corrected chi connectivity index (χ3v) is 6.30. The molecule has 33 heavy (non-hydrogen) atoms. The average molecular weight is 449 g/mol. The van der Waals surface area contributed by atoms with Gasteiger partial charge < -0.3 is 20.9 Å². The summed E-state index contributed by atoms with van der Waals surface area (Å²) in [5.41, 5.74) is 2.46. The number of nitrogens with one attached hydrogen (secondary N) is 3. The maximum Gasteiger partial charge on any atom is 0.253 e. The van der Waals surface area contributed by atoms with Crippen molar-refractivity contribution in [1.82, 2.24) is 10.2 Å². The molecule has 1 heterocycles. The molecule has 2 fully saturated rings. The zero-order chi connectivity index (χ0) is 23.0. The highest BCUT2D eigenvalue weighted by Crippen LogP contribution is 2.19. The second-order valence-electron chi connectivity index (χ2n) is 8.87. The van der Waals surface area contributed by atoms with E-state index in [1.807, 2.05) is 17.0 Å². The van der Waals surface area contributed by atoms with Crippen LogP contribution in [0.25, 0.3) is 0 Å². The van der Waals surface area contributed by atoms with Gasteiger partial charge in [0.2, 0.25) is 5.91 Å². The van der Waals surface area contributed by atoms with Crippen molar-refractivity contribution in [3.63, 3.8) is 0 Å². The van der Waals surface area contributed by atoms with Crippen molar-refractivity contribution in [3.8, 4) is 0 Å². The topological polar surface area (TPSA) is 90.5 Å². The molecule has 0 unspecified atom stereocenters. The summed E-state index contributed by atoms with van der Waals surface area (Å²) in [6, 6.07) is 14.5. The van der Waals surface area contributed by atoms with E-state index in [0.717, 1.165) is 51.6 Å². The fraction of sp³-hybridized carbons (Fsp3) is 0.423. The Labute approximate surface area is 194 Å². The molecule has 3 amide bonds. The van der Waals surface area contributed by atoms with E-state index in [9.17, 15) is 14.4 Å². The third-order valence-electron chi connectivity index (χ3n) is 6.30. The minimum atomic E-state index is -0.224. The van der Waals surface area contributed by atoms with Gasteiger partial charge in [-0.1, -0.05) is 31.4 Å². The van der Waals surface area contributed by atoms with Crippen LogP contribution in [0.1, 0.15) is 65.7 Å². The van der Waals surface area contributed by atoms with Gasteiger partial charge in [0.25, 0.3) is 11.8 Å². The van der Waals surface area contributed by atoms with Crippen LogP contribution >= 0.6 is 0 Å². The first-order chi connectivity index (χ1) is 16.1. The van der Waals surface area contributed by atoms with Gasteiger partial charge in [-0.25, -0.2) is 0 Å². The van der Waals surface area contributed by atoms with Crippen LogP contribution in [-0.2, 0) is 4.79 Å². The molecule has 3 N–H and O–H groups in total. The number of nitrogens with zero attached hydrogens (tertiary/aromatic N) is 1. The first kappa shape index (κ1) is 22.8. The van der Waals surface area contributed by atoms with Crippen LogP contribution in [0.2, 0.25) is 0 Å². The maximum atomic E-state index is 12.6. The Kier molecular flexibility index (Phi) is 7.60. The zero-order valence-electron chi connectivity index (χ0n) is 18.9. The summed E-state index contributed by atoms with van der Waals surface area (Å²) in [5.74, 6) is -0.294. The molecule has 1 saturated carbocycles. The second kappa shape index (κ2) is 11.0. The molecule has 1 aliphatic heterocycles. The molecule has 1 aliphatic carbocycles. The van der Waals surface area contributed by atoms with Crippen LogP contribution in [0.4, 0.5) is 11.4 Å². The predicted molar refractivity (Wildman–Crippen MR) is 129 cm³/mol. The number of amides is 3. The van der Waals surface area contributed by atoms with E-state index < -0.39 is 0 Å². The zero-order valence-corrected chi connectivity index (χ0v) is 18.9. The Balaban J connectivity index is 1.29. The molecule has 7 heteroatoms. The largest absolute Gasteiger partial charge is 0.376 e.